The molecule has 1 N–H and O–H groups in total. The summed E-state index contributed by atoms with van der Waals surface area (Å²) in [5.74, 6) is 0. The van der Waals surface area contributed by atoms with Gasteiger partial charge >= 0.3 is 0 Å². The highest BCUT2D eigenvalue weighted by Crippen LogP contribution is 2.54. The van der Waals surface area contributed by atoms with E-state index >= 15 is 0 Å². The van der Waals surface area contributed by atoms with Crippen molar-refractivity contribution in [2.75, 3.05) is 5.32 Å². The van der Waals surface area contributed by atoms with Crippen LogP contribution < -0.4 is 16.2 Å². The highest BCUT2D eigenvalue weighted by Gasteiger charge is 2.40. The molecule has 0 amide bonds. The second-order valence-corrected chi connectivity index (χ2v) is 22.4. The molecule has 12 rings (SSSR count). The number of hydrogen-bond acceptors (Lipinski definition) is 2. The lowest BCUT2D eigenvalue weighted by Gasteiger charge is -2.42. The normalized spacial score (nSPS) is 16.7. The van der Waals surface area contributed by atoms with Gasteiger partial charge in [0.05, 0.1) is 5.52 Å². The molecule has 4 heteroatoms. The fourth-order valence-electron chi connectivity index (χ4n) is 11.6. The summed E-state index contributed by atoms with van der Waals surface area (Å²) >= 11 is 1.92. The summed E-state index contributed by atoms with van der Waals surface area (Å²) in [5.41, 5.74) is 21.8. The number of fused-ring (bicyclic) bond motifs is 13. The molecule has 0 saturated heterocycles. The minimum Gasteiger partial charge on any atom is -0.355 e. The highest BCUT2D eigenvalue weighted by atomic mass is 32.1. The SMILES string of the molecule is CC(C)(C)c1ccc(Nc2cc3c(cc2-c2ccc4c5c6c(ccc5n5c4c2Bc2cc4c(cc2-5)sc2ccccc24)C(C)(C)c2ccccc2-6)C(C)(C)CCC3(C)C)cc1. The Kier molecular flexibility index (Phi) is 7.50. The molecule has 1 aliphatic heterocycles. The van der Waals surface area contributed by atoms with Crippen LogP contribution in [0.3, 0.4) is 0 Å². The van der Waals surface area contributed by atoms with E-state index in [-0.39, 0.29) is 21.7 Å². The van der Waals surface area contributed by atoms with Crippen molar-refractivity contribution in [1.29, 1.82) is 0 Å². The Bertz CT molecular complexity index is 3360. The number of benzene rings is 7. The molecule has 3 heterocycles. The van der Waals surface area contributed by atoms with Crippen LogP contribution in [0.25, 0.3) is 69.9 Å². The quantitative estimate of drug-likeness (QED) is 0.176. The minimum absolute atomic E-state index is 0.0711. The molecular formula is C57H53BN2S. The Morgan fingerprint density at radius 2 is 1.33 bits per heavy atom. The second-order valence-electron chi connectivity index (χ2n) is 21.3. The summed E-state index contributed by atoms with van der Waals surface area (Å²) in [6, 6.07) is 47.2. The maximum atomic E-state index is 4.03. The van der Waals surface area contributed by atoms with Crippen molar-refractivity contribution in [1.82, 2.24) is 4.57 Å². The Balaban J connectivity index is 1.18. The van der Waals surface area contributed by atoms with Gasteiger partial charge in [-0.2, -0.15) is 0 Å². The average Bonchev–Trinajstić information content (AvgIpc) is 3.85. The maximum absolute atomic E-state index is 4.03. The van der Waals surface area contributed by atoms with Crippen LogP contribution in [0.15, 0.2) is 121 Å². The number of aromatic nitrogens is 1. The first-order chi connectivity index (χ1) is 29.1. The van der Waals surface area contributed by atoms with Crippen molar-refractivity contribution in [3.8, 4) is 27.9 Å². The number of thiophene rings is 1. The maximum Gasteiger partial charge on any atom is 0.198 e. The van der Waals surface area contributed by atoms with Crippen LogP contribution in [-0.2, 0) is 21.7 Å². The fourth-order valence-corrected chi connectivity index (χ4v) is 12.8. The molecule has 2 aliphatic carbocycles. The van der Waals surface area contributed by atoms with Crippen LogP contribution in [0.1, 0.15) is 103 Å². The smallest absolute Gasteiger partial charge is 0.198 e. The number of anilines is 2. The van der Waals surface area contributed by atoms with Gasteiger partial charge in [0.15, 0.2) is 7.28 Å². The molecule has 2 nitrogen and oxygen atoms in total. The molecule has 300 valence electrons. The first-order valence-corrected chi connectivity index (χ1v) is 23.2. The van der Waals surface area contributed by atoms with Crippen LogP contribution in [0.5, 0.6) is 0 Å². The highest BCUT2D eigenvalue weighted by molar-refractivity contribution is 7.25. The van der Waals surface area contributed by atoms with Crippen molar-refractivity contribution >= 4 is 82.9 Å². The van der Waals surface area contributed by atoms with Gasteiger partial charge < -0.3 is 9.88 Å². The Labute approximate surface area is 364 Å². The third-order valence-corrected chi connectivity index (χ3v) is 16.4. The number of rotatable bonds is 3. The van der Waals surface area contributed by atoms with Gasteiger partial charge in [-0.3, -0.25) is 0 Å². The molecule has 0 spiro atoms. The third kappa shape index (κ3) is 5.21. The summed E-state index contributed by atoms with van der Waals surface area (Å²) in [6.07, 6.45) is 2.35. The molecule has 2 aromatic heterocycles. The van der Waals surface area contributed by atoms with Crippen molar-refractivity contribution in [2.45, 2.75) is 96.8 Å². The van der Waals surface area contributed by atoms with Gasteiger partial charge in [0, 0.05) is 59.1 Å². The topological polar surface area (TPSA) is 17.0 Å². The van der Waals surface area contributed by atoms with Gasteiger partial charge in [0.25, 0.3) is 0 Å². The van der Waals surface area contributed by atoms with Gasteiger partial charge in [0.1, 0.15) is 0 Å². The van der Waals surface area contributed by atoms with Gasteiger partial charge in [-0.05, 0) is 127 Å². The molecular weight excluding hydrogens is 756 g/mol. The van der Waals surface area contributed by atoms with Crippen molar-refractivity contribution in [2.24, 2.45) is 0 Å². The standard InChI is InChI=1S/C57H53BN2S/c1-54(2,3)32-18-20-33(21-19-32)59-45-30-43-42(55(4,5)26-27-56(43,6)7)28-38(45)35-22-23-37-51-46(25-24-41-50(51)36-15-10-12-16-40(36)57(41,8)9)60-47-31-49-39(29-44(47)58-52(35)53(37)60)34-14-11-13-17-48(34)61-49/h10-25,28-31,58-59H,26-27H2,1-9H3. The van der Waals surface area contributed by atoms with Crippen molar-refractivity contribution in [3.63, 3.8) is 0 Å². The molecule has 9 aromatic rings. The van der Waals surface area contributed by atoms with E-state index in [0.29, 0.717) is 0 Å². The molecule has 0 bridgehead atoms. The zero-order valence-corrected chi connectivity index (χ0v) is 37.8. The van der Waals surface area contributed by atoms with E-state index in [0.717, 1.165) is 13.0 Å². The monoisotopic (exact) mass is 808 g/mol. The summed E-state index contributed by atoms with van der Waals surface area (Å²) in [4.78, 5) is 0. The first kappa shape index (κ1) is 37.2. The van der Waals surface area contributed by atoms with Crippen LogP contribution in [0, 0.1) is 0 Å². The van der Waals surface area contributed by atoms with Crippen LogP contribution >= 0.6 is 11.3 Å². The largest absolute Gasteiger partial charge is 0.355 e. The molecule has 0 unspecified atom stereocenters. The summed E-state index contributed by atoms with van der Waals surface area (Å²) in [6.45, 7) is 21.5. The molecule has 0 radical (unpaired) electrons. The summed E-state index contributed by atoms with van der Waals surface area (Å²) in [5, 5.41) is 9.49. The van der Waals surface area contributed by atoms with Gasteiger partial charge in [0.2, 0.25) is 0 Å². The Morgan fingerprint density at radius 3 is 2.10 bits per heavy atom. The molecule has 0 saturated carbocycles. The van der Waals surface area contributed by atoms with E-state index in [1.54, 1.807) is 0 Å². The number of hydrogen-bond donors (Lipinski definition) is 1. The summed E-state index contributed by atoms with van der Waals surface area (Å²) in [7, 11) is 0.869. The van der Waals surface area contributed by atoms with E-state index < -0.39 is 0 Å². The lowest BCUT2D eigenvalue weighted by Crippen LogP contribution is -2.37. The molecule has 0 fully saturated rings. The molecule has 61 heavy (non-hydrogen) atoms. The van der Waals surface area contributed by atoms with Crippen molar-refractivity contribution < 1.29 is 0 Å². The molecule has 3 aliphatic rings. The Hall–Kier alpha value is -5.58. The number of nitrogens with one attached hydrogen (secondary N) is 1. The predicted molar refractivity (Wildman–Crippen MR) is 267 cm³/mol. The predicted octanol–water partition coefficient (Wildman–Crippen LogP) is 14.2. The fraction of sp³-hybridized carbons (Fsp3) is 0.263. The van der Waals surface area contributed by atoms with E-state index in [1.165, 1.54) is 127 Å². The van der Waals surface area contributed by atoms with Gasteiger partial charge in [-0.15, -0.1) is 11.3 Å². The third-order valence-electron chi connectivity index (χ3n) is 15.2. The zero-order chi connectivity index (χ0) is 42.0. The number of nitrogens with zero attached hydrogens (tertiary/aromatic N) is 1. The van der Waals surface area contributed by atoms with E-state index in [4.69, 9.17) is 0 Å². The minimum atomic E-state index is -0.0754. The molecule has 7 aromatic carbocycles. The van der Waals surface area contributed by atoms with Gasteiger partial charge in [-0.1, -0.05) is 147 Å². The molecule has 0 atom stereocenters. The van der Waals surface area contributed by atoms with Crippen LogP contribution in [0.4, 0.5) is 11.4 Å². The van der Waals surface area contributed by atoms with E-state index in [1.807, 2.05) is 11.3 Å². The van der Waals surface area contributed by atoms with Crippen LogP contribution in [-0.4, -0.2) is 11.8 Å². The second kappa shape index (κ2) is 12.3. The van der Waals surface area contributed by atoms with Crippen molar-refractivity contribution in [3.05, 3.63) is 149 Å². The zero-order valence-electron chi connectivity index (χ0n) is 37.0. The summed E-state index contributed by atoms with van der Waals surface area (Å²) < 4.78 is 5.36. The lowest BCUT2D eigenvalue weighted by atomic mass is 9.58. The lowest BCUT2D eigenvalue weighted by molar-refractivity contribution is 0.332. The van der Waals surface area contributed by atoms with E-state index in [2.05, 4.69) is 194 Å². The van der Waals surface area contributed by atoms with Crippen LogP contribution in [0.2, 0.25) is 0 Å². The first-order valence-electron chi connectivity index (χ1n) is 22.4. The average molecular weight is 809 g/mol. The van der Waals surface area contributed by atoms with Gasteiger partial charge in [-0.25, -0.2) is 0 Å². The Morgan fingerprint density at radius 1 is 0.607 bits per heavy atom. The van der Waals surface area contributed by atoms with E-state index in [9.17, 15) is 0 Å².